The van der Waals surface area contributed by atoms with Crippen molar-refractivity contribution in [1.82, 2.24) is 9.78 Å². The van der Waals surface area contributed by atoms with Crippen molar-refractivity contribution in [2.24, 2.45) is 7.05 Å². The van der Waals surface area contributed by atoms with Crippen LogP contribution in [0.2, 0.25) is 0 Å². The normalized spacial score (nSPS) is 17.8. The molecule has 0 bridgehead atoms. The van der Waals surface area contributed by atoms with Crippen molar-refractivity contribution >= 4 is 11.4 Å². The topological polar surface area (TPSA) is 34.9 Å². The van der Waals surface area contributed by atoms with Crippen LogP contribution in [0.25, 0.3) is 5.57 Å². The van der Waals surface area contributed by atoms with Crippen molar-refractivity contribution in [2.75, 3.05) is 0 Å². The van der Waals surface area contributed by atoms with Gasteiger partial charge in [0.25, 0.3) is 0 Å². The number of ketones is 1. The lowest BCUT2D eigenvalue weighted by molar-refractivity contribution is -0.114. The SMILES string of the molecule is Cn1ccc(C2=CC(=O)CCCC2)n1. The average molecular weight is 190 g/mol. The second-order valence-electron chi connectivity index (χ2n) is 3.72. The molecule has 0 N–H and O–H groups in total. The van der Waals surface area contributed by atoms with Crippen LogP contribution in [-0.2, 0) is 11.8 Å². The molecular weight excluding hydrogens is 176 g/mol. The molecular formula is C11H14N2O. The van der Waals surface area contributed by atoms with Crippen molar-refractivity contribution in [3.05, 3.63) is 24.0 Å². The van der Waals surface area contributed by atoms with Crippen LogP contribution in [0.3, 0.4) is 0 Å². The van der Waals surface area contributed by atoms with Crippen molar-refractivity contribution in [1.29, 1.82) is 0 Å². The summed E-state index contributed by atoms with van der Waals surface area (Å²) in [6.07, 6.45) is 7.43. The van der Waals surface area contributed by atoms with Gasteiger partial charge in [0.05, 0.1) is 5.69 Å². The van der Waals surface area contributed by atoms with Crippen LogP contribution >= 0.6 is 0 Å². The van der Waals surface area contributed by atoms with Crippen LogP contribution in [0.1, 0.15) is 31.4 Å². The molecule has 0 aromatic carbocycles. The standard InChI is InChI=1S/C11H14N2O/c1-13-7-6-11(12-13)9-4-2-3-5-10(14)8-9/h6-8H,2-5H2,1H3. The maximum atomic E-state index is 11.4. The van der Waals surface area contributed by atoms with E-state index in [4.69, 9.17) is 0 Å². The molecule has 0 saturated heterocycles. The first kappa shape index (κ1) is 9.19. The van der Waals surface area contributed by atoms with E-state index < -0.39 is 0 Å². The van der Waals surface area contributed by atoms with Gasteiger partial charge in [0.15, 0.2) is 5.78 Å². The number of allylic oxidation sites excluding steroid dienone is 2. The van der Waals surface area contributed by atoms with Gasteiger partial charge in [-0.3, -0.25) is 9.48 Å². The smallest absolute Gasteiger partial charge is 0.156 e. The predicted octanol–water partition coefficient (Wildman–Crippen LogP) is 1.95. The zero-order valence-corrected chi connectivity index (χ0v) is 8.36. The highest BCUT2D eigenvalue weighted by molar-refractivity contribution is 5.96. The Balaban J connectivity index is 2.28. The zero-order chi connectivity index (χ0) is 9.97. The summed E-state index contributed by atoms with van der Waals surface area (Å²) in [5.41, 5.74) is 2.04. The molecule has 0 aliphatic heterocycles. The number of hydrogen-bond donors (Lipinski definition) is 0. The number of carbonyl (C=O) groups is 1. The molecule has 2 rings (SSSR count). The molecule has 0 radical (unpaired) electrons. The van der Waals surface area contributed by atoms with E-state index in [1.54, 1.807) is 10.8 Å². The highest BCUT2D eigenvalue weighted by atomic mass is 16.1. The van der Waals surface area contributed by atoms with E-state index in [9.17, 15) is 4.79 Å². The van der Waals surface area contributed by atoms with Crippen LogP contribution in [0.5, 0.6) is 0 Å². The lowest BCUT2D eigenvalue weighted by atomic mass is 10.1. The van der Waals surface area contributed by atoms with Gasteiger partial charge >= 0.3 is 0 Å². The Hall–Kier alpha value is -1.38. The van der Waals surface area contributed by atoms with Gasteiger partial charge in [0, 0.05) is 19.7 Å². The van der Waals surface area contributed by atoms with E-state index in [1.807, 2.05) is 19.3 Å². The molecule has 14 heavy (non-hydrogen) atoms. The lowest BCUT2D eigenvalue weighted by Crippen LogP contribution is -1.93. The fourth-order valence-electron chi connectivity index (χ4n) is 1.74. The van der Waals surface area contributed by atoms with E-state index >= 15 is 0 Å². The molecule has 1 aliphatic carbocycles. The van der Waals surface area contributed by atoms with Gasteiger partial charge in [0.1, 0.15) is 0 Å². The van der Waals surface area contributed by atoms with E-state index in [0.717, 1.165) is 30.5 Å². The van der Waals surface area contributed by atoms with Gasteiger partial charge in [-0.1, -0.05) is 0 Å². The van der Waals surface area contributed by atoms with Gasteiger partial charge < -0.3 is 0 Å². The Morgan fingerprint density at radius 3 is 2.86 bits per heavy atom. The molecule has 1 aromatic heterocycles. The monoisotopic (exact) mass is 190 g/mol. The minimum absolute atomic E-state index is 0.239. The van der Waals surface area contributed by atoms with Crippen LogP contribution < -0.4 is 0 Å². The van der Waals surface area contributed by atoms with Crippen LogP contribution in [0.15, 0.2) is 18.3 Å². The number of aryl methyl sites for hydroxylation is 1. The van der Waals surface area contributed by atoms with Gasteiger partial charge in [-0.25, -0.2) is 0 Å². The number of hydrogen-bond acceptors (Lipinski definition) is 2. The predicted molar refractivity (Wildman–Crippen MR) is 54.7 cm³/mol. The summed E-state index contributed by atoms with van der Waals surface area (Å²) in [6, 6.07) is 1.96. The Morgan fingerprint density at radius 2 is 2.14 bits per heavy atom. The summed E-state index contributed by atoms with van der Waals surface area (Å²) in [5, 5.41) is 4.31. The number of carbonyl (C=O) groups excluding carboxylic acids is 1. The van der Waals surface area contributed by atoms with Crippen molar-refractivity contribution in [3.63, 3.8) is 0 Å². The Morgan fingerprint density at radius 1 is 1.36 bits per heavy atom. The van der Waals surface area contributed by atoms with Gasteiger partial charge in [-0.2, -0.15) is 5.10 Å². The summed E-state index contributed by atoms with van der Waals surface area (Å²) in [6.45, 7) is 0. The van der Waals surface area contributed by atoms with E-state index in [0.29, 0.717) is 6.42 Å². The molecule has 0 unspecified atom stereocenters. The molecule has 74 valence electrons. The largest absolute Gasteiger partial charge is 0.295 e. The molecule has 0 amide bonds. The average Bonchev–Trinajstić information content (AvgIpc) is 2.45. The van der Waals surface area contributed by atoms with Crippen LogP contribution in [-0.4, -0.2) is 15.6 Å². The zero-order valence-electron chi connectivity index (χ0n) is 8.36. The minimum Gasteiger partial charge on any atom is -0.295 e. The molecule has 0 saturated carbocycles. The summed E-state index contributed by atoms with van der Waals surface area (Å²) >= 11 is 0. The Kier molecular flexibility index (Phi) is 2.48. The molecule has 0 fully saturated rings. The highest BCUT2D eigenvalue weighted by Crippen LogP contribution is 2.22. The van der Waals surface area contributed by atoms with Crippen LogP contribution in [0, 0.1) is 0 Å². The quantitative estimate of drug-likeness (QED) is 0.678. The second-order valence-corrected chi connectivity index (χ2v) is 3.72. The molecule has 1 aliphatic rings. The van der Waals surface area contributed by atoms with Gasteiger partial charge in [-0.05, 0) is 37.0 Å². The summed E-state index contributed by atoms with van der Waals surface area (Å²) < 4.78 is 1.77. The number of aromatic nitrogens is 2. The second kappa shape index (κ2) is 3.78. The maximum absolute atomic E-state index is 11.4. The van der Waals surface area contributed by atoms with Crippen LogP contribution in [0.4, 0.5) is 0 Å². The van der Waals surface area contributed by atoms with Gasteiger partial charge in [0.2, 0.25) is 0 Å². The third-order valence-corrected chi connectivity index (χ3v) is 2.50. The Bertz CT molecular complexity index is 376. The molecule has 3 nitrogen and oxygen atoms in total. The van der Waals surface area contributed by atoms with Crippen molar-refractivity contribution in [3.8, 4) is 0 Å². The summed E-state index contributed by atoms with van der Waals surface area (Å²) in [4.78, 5) is 11.4. The third kappa shape index (κ3) is 1.92. The highest BCUT2D eigenvalue weighted by Gasteiger charge is 2.11. The van der Waals surface area contributed by atoms with E-state index in [-0.39, 0.29) is 5.78 Å². The van der Waals surface area contributed by atoms with E-state index in [1.165, 1.54) is 0 Å². The summed E-state index contributed by atoms with van der Waals surface area (Å²) in [7, 11) is 1.89. The van der Waals surface area contributed by atoms with Gasteiger partial charge in [-0.15, -0.1) is 0 Å². The van der Waals surface area contributed by atoms with Crippen molar-refractivity contribution in [2.45, 2.75) is 25.7 Å². The molecule has 1 heterocycles. The van der Waals surface area contributed by atoms with Crippen molar-refractivity contribution < 1.29 is 4.79 Å². The fraction of sp³-hybridized carbons (Fsp3) is 0.455. The Labute approximate surface area is 83.4 Å². The maximum Gasteiger partial charge on any atom is 0.156 e. The third-order valence-electron chi connectivity index (χ3n) is 2.50. The first-order chi connectivity index (χ1) is 6.75. The minimum atomic E-state index is 0.239. The number of nitrogens with zero attached hydrogens (tertiary/aromatic N) is 2. The molecule has 3 heteroatoms. The summed E-state index contributed by atoms with van der Waals surface area (Å²) in [5.74, 6) is 0.239. The van der Waals surface area contributed by atoms with E-state index in [2.05, 4.69) is 5.10 Å². The fourth-order valence-corrected chi connectivity index (χ4v) is 1.74. The first-order valence-corrected chi connectivity index (χ1v) is 4.99. The molecule has 0 spiro atoms. The number of rotatable bonds is 1. The molecule has 0 atom stereocenters. The molecule has 1 aromatic rings. The lowest BCUT2D eigenvalue weighted by Gasteiger charge is -1.99. The first-order valence-electron chi connectivity index (χ1n) is 4.99.